The first-order chi connectivity index (χ1) is 14.5. The van der Waals surface area contributed by atoms with Crippen molar-refractivity contribution in [2.24, 2.45) is 0 Å². The van der Waals surface area contributed by atoms with Gasteiger partial charge < -0.3 is 19.4 Å². The molecule has 0 aliphatic carbocycles. The molecule has 170 valence electrons. The summed E-state index contributed by atoms with van der Waals surface area (Å²) in [7, 11) is 1.88. The van der Waals surface area contributed by atoms with Crippen molar-refractivity contribution in [1.29, 1.82) is 0 Å². The molecule has 3 amide bonds. The normalized spacial score (nSPS) is 24.6. The summed E-state index contributed by atoms with van der Waals surface area (Å²) in [5, 5.41) is 2.42. The van der Waals surface area contributed by atoms with E-state index in [9.17, 15) is 14.4 Å². The van der Waals surface area contributed by atoms with Crippen LogP contribution in [0.3, 0.4) is 0 Å². The molecule has 0 radical (unpaired) electrons. The smallest absolute Gasteiger partial charge is 0.410 e. The van der Waals surface area contributed by atoms with Gasteiger partial charge in [0.2, 0.25) is 11.8 Å². The van der Waals surface area contributed by atoms with Gasteiger partial charge in [0, 0.05) is 50.0 Å². The van der Waals surface area contributed by atoms with E-state index in [1.807, 2.05) is 44.9 Å². The number of benzene rings is 1. The lowest BCUT2D eigenvalue weighted by atomic mass is 10.0. The van der Waals surface area contributed by atoms with E-state index < -0.39 is 5.60 Å². The molecule has 3 rings (SSSR count). The lowest BCUT2D eigenvalue weighted by Crippen LogP contribution is -2.59. The number of imide groups is 1. The van der Waals surface area contributed by atoms with Gasteiger partial charge in [0.1, 0.15) is 11.6 Å². The molecule has 1 aromatic carbocycles. The van der Waals surface area contributed by atoms with E-state index in [1.165, 1.54) is 0 Å². The molecular formula is C23H34N4O4. The Hall–Kier alpha value is -2.77. The average Bonchev–Trinajstić information content (AvgIpc) is 2.66. The Labute approximate surface area is 184 Å². The van der Waals surface area contributed by atoms with Crippen LogP contribution in [-0.4, -0.2) is 66.7 Å². The number of piperazine rings is 1. The van der Waals surface area contributed by atoms with E-state index in [0.29, 0.717) is 25.9 Å². The zero-order valence-corrected chi connectivity index (χ0v) is 19.3. The molecule has 2 saturated heterocycles. The van der Waals surface area contributed by atoms with Crippen LogP contribution in [0.2, 0.25) is 0 Å². The molecule has 1 aromatic rings. The fourth-order valence-corrected chi connectivity index (χ4v) is 4.41. The molecule has 0 saturated carbocycles. The number of piperidine rings is 1. The zero-order valence-electron chi connectivity index (χ0n) is 19.3. The van der Waals surface area contributed by atoms with E-state index in [1.54, 1.807) is 4.90 Å². The van der Waals surface area contributed by atoms with Crippen LogP contribution >= 0.6 is 0 Å². The summed E-state index contributed by atoms with van der Waals surface area (Å²) in [4.78, 5) is 42.3. The van der Waals surface area contributed by atoms with Crippen molar-refractivity contribution in [3.8, 4) is 0 Å². The molecule has 8 nitrogen and oxygen atoms in total. The number of hydrogen-bond donors (Lipinski definition) is 1. The van der Waals surface area contributed by atoms with Crippen LogP contribution in [0.5, 0.6) is 0 Å². The molecule has 0 bridgehead atoms. The van der Waals surface area contributed by atoms with E-state index >= 15 is 0 Å². The summed E-state index contributed by atoms with van der Waals surface area (Å²) in [6, 6.07) is 7.91. The number of nitrogens with one attached hydrogen (secondary N) is 1. The second kappa shape index (κ2) is 8.77. The summed E-state index contributed by atoms with van der Waals surface area (Å²) < 4.78 is 5.55. The van der Waals surface area contributed by atoms with Crippen molar-refractivity contribution >= 4 is 29.3 Å². The first-order valence-electron chi connectivity index (χ1n) is 10.9. The van der Waals surface area contributed by atoms with Gasteiger partial charge in [-0.3, -0.25) is 14.9 Å². The largest absolute Gasteiger partial charge is 0.444 e. The fourth-order valence-electron chi connectivity index (χ4n) is 4.41. The highest BCUT2D eigenvalue weighted by molar-refractivity contribution is 6.01. The number of amides is 3. The minimum Gasteiger partial charge on any atom is -0.444 e. The number of likely N-dealkylation sites (N-methyl/N-ethyl adjacent to an activating group) is 1. The lowest BCUT2D eigenvalue weighted by molar-refractivity contribution is -0.134. The highest BCUT2D eigenvalue weighted by atomic mass is 16.6. The average molecular weight is 431 g/mol. The van der Waals surface area contributed by atoms with Gasteiger partial charge in [-0.15, -0.1) is 0 Å². The summed E-state index contributed by atoms with van der Waals surface area (Å²) in [5.74, 6) is -0.467. The lowest BCUT2D eigenvalue weighted by Gasteiger charge is -2.46. The van der Waals surface area contributed by atoms with Gasteiger partial charge in [0.25, 0.3) is 0 Å². The summed E-state index contributed by atoms with van der Waals surface area (Å²) in [6.07, 6.45) is 0.575. The van der Waals surface area contributed by atoms with Crippen molar-refractivity contribution in [1.82, 2.24) is 10.2 Å². The van der Waals surface area contributed by atoms with Gasteiger partial charge in [-0.1, -0.05) is 6.07 Å². The molecule has 3 atom stereocenters. The van der Waals surface area contributed by atoms with Crippen molar-refractivity contribution in [2.75, 3.05) is 29.9 Å². The highest BCUT2D eigenvalue weighted by Gasteiger charge is 2.35. The monoisotopic (exact) mass is 430 g/mol. The molecule has 2 aliphatic heterocycles. The molecule has 2 fully saturated rings. The standard InChI is InChI=1S/C23H34N4O4/c1-15-13-26(22(30)31-23(3,4)5)14-16(2)27(15)18-9-7-8-17(12-18)25(6)19-10-11-20(28)24-21(19)29/h7-9,12,15-16,19H,10-11,13-14H2,1-6H3,(H,24,28,29)/t15-,16+,19-/m1/s1. The second-order valence-corrected chi connectivity index (χ2v) is 9.59. The number of nitrogens with zero attached hydrogens (tertiary/aromatic N) is 3. The third kappa shape index (κ3) is 5.29. The zero-order chi connectivity index (χ0) is 22.9. The SMILES string of the molecule is C[C@@H]1CN(C(=O)OC(C)(C)C)C[C@H](C)N1c1cccc(N(C)[C@@H]2CCC(=O)NC2=O)c1. The summed E-state index contributed by atoms with van der Waals surface area (Å²) >= 11 is 0. The molecule has 31 heavy (non-hydrogen) atoms. The maximum Gasteiger partial charge on any atom is 0.410 e. The predicted molar refractivity (Wildman–Crippen MR) is 120 cm³/mol. The first-order valence-corrected chi connectivity index (χ1v) is 10.9. The Morgan fingerprint density at radius 2 is 1.81 bits per heavy atom. The molecule has 0 spiro atoms. The first kappa shape index (κ1) is 22.9. The Kier molecular flexibility index (Phi) is 6.48. The van der Waals surface area contributed by atoms with Gasteiger partial charge in [-0.2, -0.15) is 0 Å². The third-order valence-electron chi connectivity index (χ3n) is 5.78. The van der Waals surface area contributed by atoms with E-state index in [-0.39, 0.29) is 36.0 Å². The number of carbonyl (C=O) groups is 3. The van der Waals surface area contributed by atoms with Crippen molar-refractivity contribution in [2.45, 2.75) is 71.2 Å². The predicted octanol–water partition coefficient (Wildman–Crippen LogP) is 2.76. The van der Waals surface area contributed by atoms with E-state index in [0.717, 1.165) is 11.4 Å². The van der Waals surface area contributed by atoms with E-state index in [4.69, 9.17) is 4.74 Å². The number of anilines is 2. The van der Waals surface area contributed by atoms with Crippen LogP contribution in [0, 0.1) is 0 Å². The van der Waals surface area contributed by atoms with Gasteiger partial charge in [0.15, 0.2) is 0 Å². The fraction of sp³-hybridized carbons (Fsp3) is 0.609. The Balaban J connectivity index is 1.74. The van der Waals surface area contributed by atoms with Crippen LogP contribution in [0.1, 0.15) is 47.5 Å². The molecule has 2 aliphatic rings. The molecule has 0 unspecified atom stereocenters. The molecule has 0 aromatic heterocycles. The number of ether oxygens (including phenoxy) is 1. The number of hydrogen-bond acceptors (Lipinski definition) is 6. The van der Waals surface area contributed by atoms with Gasteiger partial charge >= 0.3 is 6.09 Å². The molecular weight excluding hydrogens is 396 g/mol. The summed E-state index contributed by atoms with van der Waals surface area (Å²) in [5.41, 5.74) is 1.44. The van der Waals surface area contributed by atoms with Crippen LogP contribution in [0.4, 0.5) is 16.2 Å². The number of rotatable bonds is 3. The van der Waals surface area contributed by atoms with E-state index in [2.05, 4.69) is 36.2 Å². The van der Waals surface area contributed by atoms with Gasteiger partial charge in [-0.25, -0.2) is 4.79 Å². The quantitative estimate of drug-likeness (QED) is 0.743. The van der Waals surface area contributed by atoms with Crippen LogP contribution in [0.15, 0.2) is 24.3 Å². The maximum absolute atomic E-state index is 12.5. The Morgan fingerprint density at radius 1 is 1.16 bits per heavy atom. The third-order valence-corrected chi connectivity index (χ3v) is 5.78. The summed E-state index contributed by atoms with van der Waals surface area (Å²) in [6.45, 7) is 11.0. The van der Waals surface area contributed by atoms with Crippen LogP contribution in [-0.2, 0) is 14.3 Å². The Morgan fingerprint density at radius 3 is 2.39 bits per heavy atom. The topological polar surface area (TPSA) is 82.2 Å². The van der Waals surface area contributed by atoms with Crippen LogP contribution in [0.25, 0.3) is 0 Å². The number of carbonyl (C=O) groups excluding carboxylic acids is 3. The van der Waals surface area contributed by atoms with Crippen molar-refractivity contribution in [3.63, 3.8) is 0 Å². The Bertz CT molecular complexity index is 838. The van der Waals surface area contributed by atoms with Crippen LogP contribution < -0.4 is 15.1 Å². The van der Waals surface area contributed by atoms with Gasteiger partial charge in [-0.05, 0) is 59.2 Å². The minimum absolute atomic E-state index is 0.104. The van der Waals surface area contributed by atoms with Crippen molar-refractivity contribution < 1.29 is 19.1 Å². The van der Waals surface area contributed by atoms with Gasteiger partial charge in [0.05, 0.1) is 0 Å². The second-order valence-electron chi connectivity index (χ2n) is 9.59. The highest BCUT2D eigenvalue weighted by Crippen LogP contribution is 2.30. The maximum atomic E-state index is 12.5. The van der Waals surface area contributed by atoms with Crippen molar-refractivity contribution in [3.05, 3.63) is 24.3 Å². The molecule has 8 heteroatoms. The minimum atomic E-state index is -0.518. The molecule has 1 N–H and O–H groups in total. The molecule has 2 heterocycles.